The van der Waals surface area contributed by atoms with Crippen LogP contribution in [0.5, 0.6) is 0 Å². The number of rotatable bonds is 5. The van der Waals surface area contributed by atoms with E-state index in [-0.39, 0.29) is 17.6 Å². The average Bonchev–Trinajstić information content (AvgIpc) is 3.40. The Hall–Kier alpha value is -4.18. The zero-order valence-corrected chi connectivity index (χ0v) is 19.5. The molecule has 1 aliphatic carbocycles. The normalized spacial score (nSPS) is 15.1. The van der Waals surface area contributed by atoms with Gasteiger partial charge in [-0.15, -0.1) is 0 Å². The number of hydrogen-bond acceptors (Lipinski definition) is 4. The lowest BCUT2D eigenvalue weighted by molar-refractivity contribution is -0.247. The van der Waals surface area contributed by atoms with Crippen molar-refractivity contribution in [1.29, 1.82) is 0 Å². The average molecular weight is 511 g/mol. The number of hydrogen-bond donors (Lipinski definition) is 1. The van der Waals surface area contributed by atoms with Gasteiger partial charge in [-0.3, -0.25) is 0 Å². The van der Waals surface area contributed by atoms with Crippen LogP contribution < -0.4 is 0 Å². The molecule has 0 fully saturated rings. The molecular weight excluding hydrogens is 490 g/mol. The van der Waals surface area contributed by atoms with E-state index in [0.29, 0.717) is 27.8 Å². The molecule has 1 aliphatic rings. The van der Waals surface area contributed by atoms with Gasteiger partial charge in [0.1, 0.15) is 5.82 Å². The molecule has 0 radical (unpaired) electrons. The minimum Gasteiger partial charge on any atom is -0.465 e. The Bertz CT molecular complexity index is 1550. The molecule has 2 aromatic heterocycles. The van der Waals surface area contributed by atoms with Gasteiger partial charge in [0, 0.05) is 22.7 Å². The van der Waals surface area contributed by atoms with Crippen molar-refractivity contribution in [3.05, 3.63) is 101 Å². The number of carbonyl (C=O) groups is 1. The summed E-state index contributed by atoms with van der Waals surface area (Å²) in [7, 11) is 1.24. The van der Waals surface area contributed by atoms with Crippen molar-refractivity contribution in [3.63, 3.8) is 0 Å². The van der Waals surface area contributed by atoms with Crippen LogP contribution in [0.3, 0.4) is 0 Å². The second kappa shape index (κ2) is 9.04. The summed E-state index contributed by atoms with van der Waals surface area (Å²) in [5.74, 6) is -0.982. The minimum absolute atomic E-state index is 0.103. The lowest BCUT2D eigenvalue weighted by atomic mass is 9.91. The molecule has 4 aromatic rings. The van der Waals surface area contributed by atoms with Crippen LogP contribution in [-0.2, 0) is 17.7 Å². The number of aromatic nitrogens is 3. The molecule has 0 aliphatic heterocycles. The first-order chi connectivity index (χ1) is 17.6. The third-order valence-corrected chi connectivity index (χ3v) is 6.46. The van der Waals surface area contributed by atoms with Crippen molar-refractivity contribution in [2.24, 2.45) is 0 Å². The molecule has 10 heteroatoms. The summed E-state index contributed by atoms with van der Waals surface area (Å²) < 4.78 is 64.1. The van der Waals surface area contributed by atoms with Crippen LogP contribution in [0, 0.1) is 5.82 Å². The summed E-state index contributed by atoms with van der Waals surface area (Å²) in [6.45, 7) is -0.797. The number of aliphatic hydroxyl groups is 1. The highest BCUT2D eigenvalue weighted by Gasteiger charge is 2.56. The predicted molar refractivity (Wildman–Crippen MR) is 129 cm³/mol. The van der Waals surface area contributed by atoms with E-state index in [2.05, 4.69) is 5.10 Å². The molecule has 37 heavy (non-hydrogen) atoms. The molecule has 190 valence electrons. The lowest BCUT2D eigenvalue weighted by Crippen LogP contribution is -2.49. The Kier molecular flexibility index (Phi) is 5.99. The van der Waals surface area contributed by atoms with Gasteiger partial charge in [-0.25, -0.2) is 13.9 Å². The number of halogens is 4. The Morgan fingerprint density at radius 2 is 1.86 bits per heavy atom. The van der Waals surface area contributed by atoms with E-state index in [1.807, 2.05) is 0 Å². The van der Waals surface area contributed by atoms with Crippen molar-refractivity contribution in [2.75, 3.05) is 7.11 Å². The number of benzene rings is 2. The van der Waals surface area contributed by atoms with Gasteiger partial charge in [0.25, 0.3) is 0 Å². The molecule has 0 bridgehead atoms. The Balaban J connectivity index is 1.50. The second-order valence-electron chi connectivity index (χ2n) is 8.71. The van der Waals surface area contributed by atoms with E-state index in [4.69, 9.17) is 4.74 Å². The summed E-state index contributed by atoms with van der Waals surface area (Å²) in [6, 6.07) is 11.6. The lowest BCUT2D eigenvalue weighted by Gasteiger charge is -2.32. The van der Waals surface area contributed by atoms with Gasteiger partial charge in [0.15, 0.2) is 0 Å². The highest BCUT2D eigenvalue weighted by Crippen LogP contribution is 2.40. The standard InChI is InChI=1S/C27H21F4N3O3/c1-37-25(35)18-3-10-23-17(14-18)12-13-33(23)16-26(36,27(29,30)31)20-4-2-19-15-32-34(24(19)11-5-20)22-8-6-21(28)7-9-22/h3-15,36H,2,16H2,1H3. The van der Waals surface area contributed by atoms with Gasteiger partial charge in [-0.1, -0.05) is 12.2 Å². The van der Waals surface area contributed by atoms with E-state index in [1.165, 1.54) is 89.4 Å². The number of esters is 1. The van der Waals surface area contributed by atoms with E-state index >= 15 is 0 Å². The van der Waals surface area contributed by atoms with Gasteiger partial charge in [0.2, 0.25) is 5.60 Å². The first-order valence-electron chi connectivity index (χ1n) is 11.3. The van der Waals surface area contributed by atoms with Crippen LogP contribution in [0.4, 0.5) is 17.6 Å². The fraction of sp³-hybridized carbons (Fsp3) is 0.185. The highest BCUT2D eigenvalue weighted by atomic mass is 19.4. The fourth-order valence-corrected chi connectivity index (χ4v) is 4.45. The molecule has 0 amide bonds. The quantitative estimate of drug-likeness (QED) is 0.294. The van der Waals surface area contributed by atoms with Crippen LogP contribution in [0.1, 0.15) is 21.6 Å². The van der Waals surface area contributed by atoms with Gasteiger partial charge < -0.3 is 14.4 Å². The maximum atomic E-state index is 14.4. The fourth-order valence-electron chi connectivity index (χ4n) is 4.45. The number of alkyl halides is 3. The van der Waals surface area contributed by atoms with Crippen molar-refractivity contribution in [3.8, 4) is 5.69 Å². The third kappa shape index (κ3) is 4.33. The zero-order chi connectivity index (χ0) is 26.4. The van der Waals surface area contributed by atoms with E-state index in [9.17, 15) is 27.5 Å². The minimum atomic E-state index is -4.99. The maximum Gasteiger partial charge on any atom is 0.423 e. The van der Waals surface area contributed by atoms with Crippen molar-refractivity contribution in [1.82, 2.24) is 14.3 Å². The number of nitrogens with zero attached hydrogens (tertiary/aromatic N) is 3. The number of ether oxygens (including phenoxy) is 1. The van der Waals surface area contributed by atoms with Gasteiger partial charge in [-0.2, -0.15) is 18.3 Å². The predicted octanol–water partition coefficient (Wildman–Crippen LogP) is 5.24. The van der Waals surface area contributed by atoms with E-state index < -0.39 is 30.1 Å². The SMILES string of the molecule is COC(=O)c1ccc2c(ccn2CC(O)(C2=CCc3cnn(-c4ccc(F)cc4)c3C=C2)C(F)(F)F)c1. The Labute approximate surface area is 208 Å². The second-order valence-corrected chi connectivity index (χ2v) is 8.71. The molecule has 1 atom stereocenters. The van der Waals surface area contributed by atoms with Crippen LogP contribution in [0.25, 0.3) is 22.7 Å². The number of fused-ring (bicyclic) bond motifs is 2. The summed E-state index contributed by atoms with van der Waals surface area (Å²) in [6.07, 6.45) is 2.13. The first-order valence-corrected chi connectivity index (χ1v) is 11.3. The molecule has 0 spiro atoms. The molecule has 0 saturated heterocycles. The summed E-state index contributed by atoms with van der Waals surface area (Å²) in [4.78, 5) is 11.8. The first kappa shape index (κ1) is 24.5. The molecule has 2 heterocycles. The number of methoxy groups -OCH3 is 1. The number of carbonyl (C=O) groups excluding carboxylic acids is 1. The molecule has 1 N–H and O–H groups in total. The van der Waals surface area contributed by atoms with E-state index in [0.717, 1.165) is 0 Å². The summed E-state index contributed by atoms with van der Waals surface area (Å²) >= 11 is 0. The van der Waals surface area contributed by atoms with Gasteiger partial charge in [-0.05, 0) is 66.6 Å². The summed E-state index contributed by atoms with van der Waals surface area (Å²) in [5.41, 5.74) is -1.09. The maximum absolute atomic E-state index is 14.4. The van der Waals surface area contributed by atoms with Gasteiger partial charge >= 0.3 is 12.1 Å². The van der Waals surface area contributed by atoms with Crippen LogP contribution in [-0.4, -0.2) is 44.3 Å². The van der Waals surface area contributed by atoms with E-state index in [1.54, 1.807) is 6.07 Å². The van der Waals surface area contributed by atoms with Gasteiger partial charge in [0.05, 0.1) is 36.8 Å². The molecule has 1 unspecified atom stereocenters. The van der Waals surface area contributed by atoms with Crippen molar-refractivity contribution >= 4 is 22.9 Å². The van der Waals surface area contributed by atoms with Crippen LogP contribution in [0.2, 0.25) is 0 Å². The summed E-state index contributed by atoms with van der Waals surface area (Å²) in [5, 5.41) is 16.0. The molecule has 6 nitrogen and oxygen atoms in total. The number of allylic oxidation sites excluding steroid dienone is 1. The molecule has 2 aromatic carbocycles. The molecule has 5 rings (SSSR count). The monoisotopic (exact) mass is 511 g/mol. The Morgan fingerprint density at radius 1 is 1.11 bits per heavy atom. The molecular formula is C27H21F4N3O3. The largest absolute Gasteiger partial charge is 0.465 e. The smallest absolute Gasteiger partial charge is 0.423 e. The van der Waals surface area contributed by atoms with Crippen molar-refractivity contribution < 1.29 is 32.2 Å². The van der Waals surface area contributed by atoms with Crippen LogP contribution >= 0.6 is 0 Å². The zero-order valence-electron chi connectivity index (χ0n) is 19.5. The van der Waals surface area contributed by atoms with Crippen LogP contribution in [0.15, 0.2) is 78.6 Å². The molecule has 0 saturated carbocycles. The highest BCUT2D eigenvalue weighted by molar-refractivity contribution is 5.94. The Morgan fingerprint density at radius 3 is 2.57 bits per heavy atom. The third-order valence-electron chi connectivity index (χ3n) is 6.46. The van der Waals surface area contributed by atoms with Crippen molar-refractivity contribution in [2.45, 2.75) is 24.7 Å². The topological polar surface area (TPSA) is 69.3 Å².